The Balaban J connectivity index is 1.78. The van der Waals surface area contributed by atoms with Crippen LogP contribution in [0.25, 0.3) is 0 Å². The van der Waals surface area contributed by atoms with Crippen molar-refractivity contribution < 1.29 is 4.79 Å². The number of amides is 1. The predicted octanol–water partition coefficient (Wildman–Crippen LogP) is 4.11. The number of likely N-dealkylation sites (tertiary alicyclic amines) is 1. The fraction of sp³-hybridized carbons (Fsp3) is 0.429. The molecule has 0 N–H and O–H groups in total. The number of benzene rings is 1. The van der Waals surface area contributed by atoms with E-state index in [4.69, 9.17) is 5.26 Å². The van der Waals surface area contributed by atoms with Crippen molar-refractivity contribution in [2.45, 2.75) is 33.6 Å². The van der Waals surface area contributed by atoms with Crippen molar-refractivity contribution in [2.24, 2.45) is 11.8 Å². The minimum absolute atomic E-state index is 0.143. The van der Waals surface area contributed by atoms with E-state index in [-0.39, 0.29) is 5.91 Å². The normalized spacial score (nSPS) is 15.6. The van der Waals surface area contributed by atoms with Crippen LogP contribution in [-0.2, 0) is 11.2 Å². The third-order valence-electron chi connectivity index (χ3n) is 4.39. The Bertz CT molecular complexity index is 656. The van der Waals surface area contributed by atoms with Crippen molar-refractivity contribution >= 4 is 5.91 Å². The van der Waals surface area contributed by atoms with E-state index in [1.807, 2.05) is 48.2 Å². The molecule has 3 nitrogen and oxygen atoms in total. The van der Waals surface area contributed by atoms with Gasteiger partial charge in [0.1, 0.15) is 0 Å². The zero-order chi connectivity index (χ0) is 17.5. The van der Waals surface area contributed by atoms with E-state index in [9.17, 15) is 4.79 Å². The summed E-state index contributed by atoms with van der Waals surface area (Å²) in [6.07, 6.45) is 7.99. The van der Waals surface area contributed by atoms with Crippen LogP contribution in [0.1, 0.15) is 38.3 Å². The van der Waals surface area contributed by atoms with Crippen LogP contribution in [0.4, 0.5) is 0 Å². The van der Waals surface area contributed by atoms with Crippen molar-refractivity contribution in [3.8, 4) is 6.07 Å². The van der Waals surface area contributed by atoms with Gasteiger partial charge >= 0.3 is 0 Å². The van der Waals surface area contributed by atoms with Crippen LogP contribution in [0.15, 0.2) is 48.1 Å². The van der Waals surface area contributed by atoms with E-state index < -0.39 is 0 Å². The predicted molar refractivity (Wildman–Crippen MR) is 97.3 cm³/mol. The summed E-state index contributed by atoms with van der Waals surface area (Å²) in [4.78, 5) is 14.4. The number of carbonyl (C=O) groups excluding carboxylic acids is 1. The van der Waals surface area contributed by atoms with E-state index in [2.05, 4.69) is 26.0 Å². The monoisotopic (exact) mass is 322 g/mol. The molecule has 0 unspecified atom stereocenters. The average molecular weight is 322 g/mol. The summed E-state index contributed by atoms with van der Waals surface area (Å²) in [5.74, 6) is 1.17. The molecule has 24 heavy (non-hydrogen) atoms. The summed E-state index contributed by atoms with van der Waals surface area (Å²) in [6, 6.07) is 9.92. The van der Waals surface area contributed by atoms with Crippen molar-refractivity contribution in [1.29, 1.82) is 5.26 Å². The molecule has 3 heteroatoms. The summed E-state index contributed by atoms with van der Waals surface area (Å²) in [5, 5.41) is 8.81. The molecule has 1 aliphatic heterocycles. The molecule has 0 aromatic heterocycles. The van der Waals surface area contributed by atoms with Gasteiger partial charge in [0.25, 0.3) is 5.91 Å². The smallest absolute Gasteiger partial charge is 0.253 e. The quantitative estimate of drug-likeness (QED) is 0.584. The van der Waals surface area contributed by atoms with Crippen LogP contribution in [0.3, 0.4) is 0 Å². The van der Waals surface area contributed by atoms with E-state index >= 15 is 0 Å². The largest absolute Gasteiger partial charge is 0.338 e. The Kier molecular flexibility index (Phi) is 6.37. The van der Waals surface area contributed by atoms with Gasteiger partial charge in [-0.15, -0.1) is 0 Å². The van der Waals surface area contributed by atoms with Gasteiger partial charge < -0.3 is 4.90 Å². The van der Waals surface area contributed by atoms with E-state index in [1.54, 1.807) is 0 Å². The Morgan fingerprint density at radius 2 is 2.00 bits per heavy atom. The van der Waals surface area contributed by atoms with Gasteiger partial charge in [-0.05, 0) is 49.3 Å². The molecule has 0 atom stereocenters. The number of aryl methyl sites for hydroxylation is 1. The lowest BCUT2D eigenvalue weighted by molar-refractivity contribution is -0.133. The van der Waals surface area contributed by atoms with Gasteiger partial charge in [-0.25, -0.2) is 0 Å². The number of hydrogen-bond donors (Lipinski definition) is 0. The molecule has 0 radical (unpaired) electrons. The Morgan fingerprint density at radius 1 is 1.33 bits per heavy atom. The van der Waals surface area contributed by atoms with Gasteiger partial charge in [0.05, 0.1) is 11.6 Å². The summed E-state index contributed by atoms with van der Waals surface area (Å²) >= 11 is 0. The number of nitrogens with zero attached hydrogens (tertiary/aromatic N) is 2. The summed E-state index contributed by atoms with van der Waals surface area (Å²) in [5.41, 5.74) is 2.74. The highest BCUT2D eigenvalue weighted by Crippen LogP contribution is 2.23. The molecule has 1 aromatic carbocycles. The zero-order valence-corrected chi connectivity index (χ0v) is 14.8. The molecular weight excluding hydrogens is 296 g/mol. The van der Waals surface area contributed by atoms with Crippen LogP contribution in [-0.4, -0.2) is 23.9 Å². The third kappa shape index (κ3) is 4.83. The molecular formula is C21H26N2O. The minimum atomic E-state index is 0.143. The Labute approximate surface area is 145 Å². The lowest BCUT2D eigenvalue weighted by Gasteiger charge is -2.39. The molecule has 2 rings (SSSR count). The van der Waals surface area contributed by atoms with Gasteiger partial charge in [0, 0.05) is 18.7 Å². The average Bonchev–Trinajstić information content (AvgIpc) is 2.54. The highest BCUT2D eigenvalue weighted by Gasteiger charge is 2.30. The Morgan fingerprint density at radius 3 is 2.54 bits per heavy atom. The van der Waals surface area contributed by atoms with Crippen LogP contribution in [0, 0.1) is 23.2 Å². The lowest BCUT2D eigenvalue weighted by atomic mass is 9.91. The highest BCUT2D eigenvalue weighted by molar-refractivity contribution is 5.96. The van der Waals surface area contributed by atoms with Crippen molar-refractivity contribution in [1.82, 2.24) is 4.90 Å². The Hall–Kier alpha value is -2.34. The van der Waals surface area contributed by atoms with Crippen LogP contribution in [0.5, 0.6) is 0 Å². The SMILES string of the molecule is CC=C(C=CC(C)C)C(=O)N1CC(CCc2ccc(C#N)cc2)C1. The molecule has 0 bridgehead atoms. The first-order valence-electron chi connectivity index (χ1n) is 8.66. The second kappa shape index (κ2) is 8.49. The maximum atomic E-state index is 12.4. The highest BCUT2D eigenvalue weighted by atomic mass is 16.2. The first kappa shape index (κ1) is 18.0. The molecule has 1 heterocycles. The number of rotatable bonds is 6. The molecule has 0 aliphatic carbocycles. The summed E-state index contributed by atoms with van der Waals surface area (Å²) in [7, 11) is 0. The van der Waals surface area contributed by atoms with Crippen molar-refractivity contribution in [2.75, 3.05) is 13.1 Å². The van der Waals surface area contributed by atoms with Gasteiger partial charge in [-0.3, -0.25) is 4.79 Å². The lowest BCUT2D eigenvalue weighted by Crippen LogP contribution is -2.50. The molecule has 1 aliphatic rings. The van der Waals surface area contributed by atoms with Gasteiger partial charge in [-0.2, -0.15) is 5.26 Å². The van der Waals surface area contributed by atoms with Gasteiger partial charge in [-0.1, -0.05) is 44.2 Å². The first-order chi connectivity index (χ1) is 11.5. The second-order valence-corrected chi connectivity index (χ2v) is 6.77. The number of allylic oxidation sites excluding steroid dienone is 2. The topological polar surface area (TPSA) is 44.1 Å². The van der Waals surface area contributed by atoms with E-state index in [0.717, 1.165) is 31.5 Å². The fourth-order valence-corrected chi connectivity index (χ4v) is 2.80. The van der Waals surface area contributed by atoms with Crippen LogP contribution in [0.2, 0.25) is 0 Å². The number of carbonyl (C=O) groups is 1. The van der Waals surface area contributed by atoms with Crippen LogP contribution < -0.4 is 0 Å². The molecule has 1 amide bonds. The van der Waals surface area contributed by atoms with Gasteiger partial charge in [0.2, 0.25) is 0 Å². The first-order valence-corrected chi connectivity index (χ1v) is 8.66. The summed E-state index contributed by atoms with van der Waals surface area (Å²) in [6.45, 7) is 7.83. The van der Waals surface area contributed by atoms with Gasteiger partial charge in [0.15, 0.2) is 0 Å². The van der Waals surface area contributed by atoms with Crippen molar-refractivity contribution in [3.63, 3.8) is 0 Å². The van der Waals surface area contributed by atoms with Crippen molar-refractivity contribution in [3.05, 3.63) is 59.2 Å². The van der Waals surface area contributed by atoms with E-state index in [1.165, 1.54) is 5.56 Å². The zero-order valence-electron chi connectivity index (χ0n) is 14.8. The minimum Gasteiger partial charge on any atom is -0.338 e. The third-order valence-corrected chi connectivity index (χ3v) is 4.39. The molecule has 126 valence electrons. The fourth-order valence-electron chi connectivity index (χ4n) is 2.80. The van der Waals surface area contributed by atoms with Crippen LogP contribution >= 0.6 is 0 Å². The molecule has 0 saturated carbocycles. The summed E-state index contributed by atoms with van der Waals surface area (Å²) < 4.78 is 0. The second-order valence-electron chi connectivity index (χ2n) is 6.77. The standard InChI is InChI=1S/C21H26N2O/c1-4-20(12-5-16(2)3)21(24)23-14-19(15-23)11-8-17-6-9-18(13-22)10-7-17/h4-7,9-10,12,16,19H,8,11,14-15H2,1-3H3. The molecule has 0 spiro atoms. The molecule has 1 saturated heterocycles. The maximum absolute atomic E-state index is 12.4. The van der Waals surface area contributed by atoms with E-state index in [0.29, 0.717) is 17.4 Å². The number of hydrogen-bond acceptors (Lipinski definition) is 2. The molecule has 1 fully saturated rings. The number of nitriles is 1. The maximum Gasteiger partial charge on any atom is 0.253 e. The molecule has 1 aromatic rings.